The predicted octanol–water partition coefficient (Wildman–Crippen LogP) is 2.02. The van der Waals surface area contributed by atoms with Gasteiger partial charge in [0.1, 0.15) is 30.0 Å². The maximum Gasteiger partial charge on any atom is 0.333 e. The molecule has 2 unspecified atom stereocenters. The van der Waals surface area contributed by atoms with E-state index in [9.17, 15) is 29.7 Å². The predicted molar refractivity (Wildman–Crippen MR) is 126 cm³/mol. The lowest BCUT2D eigenvalue weighted by Gasteiger charge is -2.48. The van der Waals surface area contributed by atoms with Crippen LogP contribution in [0.2, 0.25) is 0 Å². The molecule has 0 aromatic carbocycles. The molecule has 35 heavy (non-hydrogen) atoms. The maximum absolute atomic E-state index is 14.4. The molecule has 2 fully saturated rings. The molecule has 0 aromatic rings. The van der Waals surface area contributed by atoms with Gasteiger partial charge in [-0.2, -0.15) is 0 Å². The van der Waals surface area contributed by atoms with Gasteiger partial charge in [0.05, 0.1) is 5.41 Å². The number of Topliss-reactive ketones (excluding diaryl/α,β-unsaturated/α-hetero) is 1. The number of ether oxygens (including phenoxy) is 2. The Kier molecular flexibility index (Phi) is 5.79. The fourth-order valence-electron chi connectivity index (χ4n) is 7.35. The Morgan fingerprint density at radius 2 is 1.83 bits per heavy atom. The van der Waals surface area contributed by atoms with Crippen LogP contribution >= 0.6 is 0 Å². The van der Waals surface area contributed by atoms with Crippen LogP contribution in [-0.4, -0.2) is 63.1 Å². The number of carbonyl (C=O) groups excluding carboxylic acids is 3. The van der Waals surface area contributed by atoms with Crippen molar-refractivity contribution in [2.24, 2.45) is 28.6 Å². The van der Waals surface area contributed by atoms with Gasteiger partial charge in [-0.15, -0.1) is 0 Å². The minimum absolute atomic E-state index is 0.139. The molecule has 8 nitrogen and oxygen atoms in total. The highest BCUT2D eigenvalue weighted by Crippen LogP contribution is 2.75. The molecule has 0 heterocycles. The molecule has 192 valence electrons. The molecule has 0 amide bonds. The van der Waals surface area contributed by atoms with Crippen LogP contribution in [0.5, 0.6) is 0 Å². The Balaban J connectivity index is 1.90. The molecule has 0 aromatic heterocycles. The average molecular weight is 489 g/mol. The summed E-state index contributed by atoms with van der Waals surface area (Å²) in [6, 6.07) is 0. The van der Waals surface area contributed by atoms with Crippen molar-refractivity contribution in [1.82, 2.24) is 0 Å². The van der Waals surface area contributed by atoms with Crippen molar-refractivity contribution >= 4 is 17.7 Å². The fraction of sp³-hybridized carbons (Fsp3) is 0.667. The van der Waals surface area contributed by atoms with Gasteiger partial charge >= 0.3 is 11.9 Å². The minimum Gasteiger partial charge on any atom is -0.458 e. The van der Waals surface area contributed by atoms with Crippen LogP contribution in [0.4, 0.5) is 0 Å². The van der Waals surface area contributed by atoms with Crippen molar-refractivity contribution in [2.45, 2.75) is 78.3 Å². The number of carbonyl (C=O) groups is 3. The van der Waals surface area contributed by atoms with Crippen molar-refractivity contribution in [2.75, 3.05) is 6.61 Å². The third-order valence-corrected chi connectivity index (χ3v) is 9.32. The van der Waals surface area contributed by atoms with Gasteiger partial charge in [0.25, 0.3) is 0 Å². The monoisotopic (exact) mass is 488 g/mol. The van der Waals surface area contributed by atoms with E-state index in [1.807, 2.05) is 13.8 Å². The lowest BCUT2D eigenvalue weighted by molar-refractivity contribution is -0.192. The van der Waals surface area contributed by atoms with Crippen LogP contribution in [0, 0.1) is 28.6 Å². The van der Waals surface area contributed by atoms with Gasteiger partial charge < -0.3 is 24.8 Å². The Hall–Kier alpha value is -2.29. The summed E-state index contributed by atoms with van der Waals surface area (Å²) in [5.41, 5.74) is -4.48. The van der Waals surface area contributed by atoms with E-state index in [1.54, 1.807) is 45.9 Å². The Morgan fingerprint density at radius 3 is 2.40 bits per heavy atom. The second-order valence-electron chi connectivity index (χ2n) is 11.4. The number of hydrogen-bond donors (Lipinski definition) is 3. The Labute approximate surface area is 205 Å². The van der Waals surface area contributed by atoms with Crippen molar-refractivity contribution in [1.29, 1.82) is 0 Å². The molecular formula is C27H36O8. The summed E-state index contributed by atoms with van der Waals surface area (Å²) in [5.74, 6) is -3.19. The molecule has 0 saturated heterocycles. The first-order chi connectivity index (χ1) is 16.1. The molecule has 4 aliphatic rings. The molecule has 4 aliphatic carbocycles. The number of rotatable bonds is 4. The average Bonchev–Trinajstić information content (AvgIpc) is 3.19. The second kappa shape index (κ2) is 7.85. The van der Waals surface area contributed by atoms with E-state index < -0.39 is 63.9 Å². The third-order valence-electron chi connectivity index (χ3n) is 9.32. The molecule has 4 rings (SSSR count). The van der Waals surface area contributed by atoms with Gasteiger partial charge in [0, 0.05) is 29.7 Å². The molecule has 0 radical (unpaired) electrons. The van der Waals surface area contributed by atoms with Gasteiger partial charge in [0.2, 0.25) is 0 Å². The zero-order chi connectivity index (χ0) is 26.3. The molecule has 3 N–H and O–H groups in total. The summed E-state index contributed by atoms with van der Waals surface area (Å²) in [6.07, 6.45) is 1.87. The van der Waals surface area contributed by atoms with Gasteiger partial charge in [0.15, 0.2) is 5.78 Å². The number of aliphatic hydroxyl groups is 3. The second-order valence-corrected chi connectivity index (χ2v) is 11.4. The molecule has 8 heteroatoms. The third kappa shape index (κ3) is 3.06. The number of ketones is 1. The van der Waals surface area contributed by atoms with Crippen LogP contribution in [0.25, 0.3) is 0 Å². The van der Waals surface area contributed by atoms with Crippen LogP contribution in [0.1, 0.15) is 54.9 Å². The van der Waals surface area contributed by atoms with E-state index in [2.05, 4.69) is 0 Å². The number of esters is 2. The van der Waals surface area contributed by atoms with Gasteiger partial charge in [-0.1, -0.05) is 39.0 Å². The van der Waals surface area contributed by atoms with Crippen molar-refractivity contribution in [3.05, 3.63) is 34.9 Å². The van der Waals surface area contributed by atoms with E-state index >= 15 is 0 Å². The quantitative estimate of drug-likeness (QED) is 0.311. The normalized spacial score (nSPS) is 43.7. The minimum atomic E-state index is -2.27. The van der Waals surface area contributed by atoms with E-state index in [0.29, 0.717) is 11.1 Å². The number of aliphatic hydroxyl groups excluding tert-OH is 2. The van der Waals surface area contributed by atoms with Crippen molar-refractivity contribution < 1.29 is 39.2 Å². The first-order valence-electron chi connectivity index (χ1n) is 12.2. The Bertz CT molecular complexity index is 1080. The summed E-state index contributed by atoms with van der Waals surface area (Å²) >= 11 is 0. The number of hydrogen-bond acceptors (Lipinski definition) is 8. The van der Waals surface area contributed by atoms with Gasteiger partial charge in [-0.3, -0.25) is 9.59 Å². The van der Waals surface area contributed by atoms with E-state index in [4.69, 9.17) is 9.47 Å². The summed E-state index contributed by atoms with van der Waals surface area (Å²) in [4.78, 5) is 38.8. The smallest absolute Gasteiger partial charge is 0.333 e. The zero-order valence-electron chi connectivity index (χ0n) is 21.4. The van der Waals surface area contributed by atoms with E-state index in [-0.39, 0.29) is 24.4 Å². The summed E-state index contributed by atoms with van der Waals surface area (Å²) < 4.78 is 11.3. The van der Waals surface area contributed by atoms with Crippen molar-refractivity contribution in [3.63, 3.8) is 0 Å². The molecule has 1 spiro atoms. The van der Waals surface area contributed by atoms with Crippen LogP contribution in [-0.2, 0) is 23.9 Å². The highest BCUT2D eigenvalue weighted by Gasteiger charge is 2.83. The highest BCUT2D eigenvalue weighted by molar-refractivity contribution is 5.96. The maximum atomic E-state index is 14.4. The zero-order valence-corrected chi connectivity index (χ0v) is 21.4. The van der Waals surface area contributed by atoms with Gasteiger partial charge in [-0.05, 0) is 44.3 Å². The van der Waals surface area contributed by atoms with Gasteiger partial charge in [-0.25, -0.2) is 4.79 Å². The SMILES string of the molecule is C/C=C(\C)C(=O)OCC1=C[C@@H]2C(=O)C3(C=C(C)[C@H](O)[C@@]3(O)[C@@H]1O)C(C)C[C@]1(OC(C)=O)[C@H]2C1(C)C. The summed E-state index contributed by atoms with van der Waals surface area (Å²) in [5, 5.41) is 34.7. The van der Waals surface area contributed by atoms with Crippen LogP contribution in [0.15, 0.2) is 34.9 Å². The first kappa shape index (κ1) is 25.8. The van der Waals surface area contributed by atoms with Crippen molar-refractivity contribution in [3.8, 4) is 0 Å². The molecular weight excluding hydrogens is 452 g/mol. The molecule has 2 saturated carbocycles. The summed E-state index contributed by atoms with van der Waals surface area (Å²) in [7, 11) is 0. The Morgan fingerprint density at radius 1 is 1.20 bits per heavy atom. The molecule has 2 bridgehead atoms. The molecule has 0 aliphatic heterocycles. The number of allylic oxidation sites excluding steroid dienone is 2. The topological polar surface area (TPSA) is 130 Å². The fourth-order valence-corrected chi connectivity index (χ4v) is 7.35. The van der Waals surface area contributed by atoms with E-state index in [0.717, 1.165) is 0 Å². The highest BCUT2D eigenvalue weighted by atomic mass is 16.6. The standard InChI is InChI=1S/C27H36O8/c1-8-13(2)23(32)34-12-17-9-18-19-24(6,7)26(19,35-16(5)28)11-15(4)25(22(18)31)10-14(3)20(29)27(25,33)21(17)30/h8-10,15,18-21,29-30,33H,11-12H2,1-7H3/b13-8+/t15?,18-,19+,20-,21+,25?,26-,27+/m0/s1. The lowest BCUT2D eigenvalue weighted by atomic mass is 9.59. The molecule has 8 atom stereocenters. The number of fused-ring (bicyclic) bond motifs is 3. The largest absolute Gasteiger partial charge is 0.458 e. The summed E-state index contributed by atoms with van der Waals surface area (Å²) in [6.45, 7) is 11.6. The van der Waals surface area contributed by atoms with E-state index in [1.165, 1.54) is 6.92 Å². The van der Waals surface area contributed by atoms with Crippen LogP contribution < -0.4 is 0 Å². The lowest BCUT2D eigenvalue weighted by Crippen LogP contribution is -2.65. The first-order valence-corrected chi connectivity index (χ1v) is 12.2. The van der Waals surface area contributed by atoms with Crippen LogP contribution in [0.3, 0.4) is 0 Å².